The van der Waals surface area contributed by atoms with Crippen LogP contribution in [0.4, 0.5) is 0 Å². The van der Waals surface area contributed by atoms with E-state index in [0.29, 0.717) is 12.8 Å². The van der Waals surface area contributed by atoms with Gasteiger partial charge in [-0.15, -0.1) is 12.3 Å². The summed E-state index contributed by atoms with van der Waals surface area (Å²) in [7, 11) is 0. The standard InChI is InChI=1S/C30H33N3O2/c1-2-3-9-30(34)33-23-28(26-12-14-31(15-13-26)21-24-7-5-4-6-8-24)27-20-25(10-11-29(27)33)22-32-16-18-35-19-17-32/h1,4-8,10-12,20,23H,3,9,13-19,21-22H2. The molecule has 5 rings (SSSR count). The summed E-state index contributed by atoms with van der Waals surface area (Å²) in [6.45, 7) is 7.28. The lowest BCUT2D eigenvalue weighted by Crippen LogP contribution is -2.35. The Morgan fingerprint density at radius 1 is 0.971 bits per heavy atom. The maximum Gasteiger partial charge on any atom is 0.232 e. The zero-order valence-electron chi connectivity index (χ0n) is 20.3. The minimum absolute atomic E-state index is 0.0576. The number of hydrogen-bond acceptors (Lipinski definition) is 4. The molecule has 0 atom stereocenters. The number of aromatic nitrogens is 1. The first-order valence-corrected chi connectivity index (χ1v) is 12.6. The highest BCUT2D eigenvalue weighted by molar-refractivity contribution is 6.00. The fourth-order valence-electron chi connectivity index (χ4n) is 5.10. The van der Waals surface area contributed by atoms with Crippen molar-refractivity contribution in [3.63, 3.8) is 0 Å². The van der Waals surface area contributed by atoms with E-state index in [9.17, 15) is 4.79 Å². The van der Waals surface area contributed by atoms with E-state index >= 15 is 0 Å². The van der Waals surface area contributed by atoms with Crippen molar-refractivity contribution >= 4 is 22.4 Å². The Labute approximate surface area is 208 Å². The number of carbonyl (C=O) groups excluding carboxylic acids is 1. The van der Waals surface area contributed by atoms with Crippen molar-refractivity contribution in [2.75, 3.05) is 39.4 Å². The molecule has 5 heteroatoms. The summed E-state index contributed by atoms with van der Waals surface area (Å²) in [5.41, 5.74) is 6.09. The van der Waals surface area contributed by atoms with Crippen molar-refractivity contribution in [3.8, 4) is 12.3 Å². The summed E-state index contributed by atoms with van der Waals surface area (Å²) < 4.78 is 7.32. The summed E-state index contributed by atoms with van der Waals surface area (Å²) >= 11 is 0. The molecule has 35 heavy (non-hydrogen) atoms. The van der Waals surface area contributed by atoms with E-state index in [1.807, 2.05) is 10.8 Å². The average molecular weight is 468 g/mol. The molecule has 5 nitrogen and oxygen atoms in total. The number of rotatable bonds is 7. The first kappa shape index (κ1) is 23.6. The second kappa shape index (κ2) is 11.0. The van der Waals surface area contributed by atoms with Gasteiger partial charge in [-0.2, -0.15) is 0 Å². The van der Waals surface area contributed by atoms with E-state index in [1.54, 1.807) is 0 Å². The molecule has 0 amide bonds. The van der Waals surface area contributed by atoms with Gasteiger partial charge in [0.2, 0.25) is 5.91 Å². The van der Waals surface area contributed by atoms with E-state index in [-0.39, 0.29) is 5.91 Å². The molecule has 3 heterocycles. The van der Waals surface area contributed by atoms with Crippen molar-refractivity contribution < 1.29 is 9.53 Å². The van der Waals surface area contributed by atoms with Gasteiger partial charge >= 0.3 is 0 Å². The van der Waals surface area contributed by atoms with Crippen LogP contribution >= 0.6 is 0 Å². The highest BCUT2D eigenvalue weighted by atomic mass is 16.5. The van der Waals surface area contributed by atoms with Crippen LogP contribution in [0.25, 0.3) is 16.5 Å². The first-order chi connectivity index (χ1) is 17.2. The van der Waals surface area contributed by atoms with Crippen molar-refractivity contribution in [1.29, 1.82) is 0 Å². The Morgan fingerprint density at radius 3 is 2.51 bits per heavy atom. The Balaban J connectivity index is 1.42. The van der Waals surface area contributed by atoms with E-state index in [0.717, 1.165) is 69.8 Å². The van der Waals surface area contributed by atoms with Gasteiger partial charge in [0, 0.05) is 69.3 Å². The number of nitrogens with zero attached hydrogens (tertiary/aromatic N) is 3. The number of benzene rings is 2. The third-order valence-electron chi connectivity index (χ3n) is 7.02. The van der Waals surface area contributed by atoms with Gasteiger partial charge in [0.1, 0.15) is 0 Å². The summed E-state index contributed by atoms with van der Waals surface area (Å²) in [6.07, 6.45) is 11.6. The Hall–Kier alpha value is -3.17. The van der Waals surface area contributed by atoms with E-state index < -0.39 is 0 Å². The van der Waals surface area contributed by atoms with Crippen LogP contribution in [0.15, 0.2) is 60.8 Å². The molecular formula is C30H33N3O2. The van der Waals surface area contributed by atoms with Gasteiger partial charge in [0.05, 0.1) is 18.7 Å². The van der Waals surface area contributed by atoms with Crippen LogP contribution in [-0.4, -0.2) is 59.7 Å². The molecule has 180 valence electrons. The van der Waals surface area contributed by atoms with Gasteiger partial charge in [-0.25, -0.2) is 0 Å². The number of terminal acetylenes is 1. The highest BCUT2D eigenvalue weighted by Gasteiger charge is 2.20. The third kappa shape index (κ3) is 5.57. The Morgan fingerprint density at radius 2 is 1.77 bits per heavy atom. The lowest BCUT2D eigenvalue weighted by atomic mass is 9.97. The van der Waals surface area contributed by atoms with Gasteiger partial charge in [0.15, 0.2) is 0 Å². The fraction of sp³-hybridized carbons (Fsp3) is 0.367. The summed E-state index contributed by atoms with van der Waals surface area (Å²) in [6, 6.07) is 17.2. The molecule has 1 fully saturated rings. The molecule has 0 aliphatic carbocycles. The van der Waals surface area contributed by atoms with Crippen molar-refractivity contribution in [1.82, 2.24) is 14.4 Å². The zero-order valence-corrected chi connectivity index (χ0v) is 20.3. The van der Waals surface area contributed by atoms with Crippen molar-refractivity contribution in [3.05, 3.63) is 77.5 Å². The van der Waals surface area contributed by atoms with Gasteiger partial charge < -0.3 is 4.74 Å². The molecule has 3 aromatic rings. The second-order valence-corrected chi connectivity index (χ2v) is 9.45. The molecule has 2 aliphatic heterocycles. The van der Waals surface area contributed by atoms with Crippen molar-refractivity contribution in [2.45, 2.75) is 32.4 Å². The van der Waals surface area contributed by atoms with Gasteiger partial charge in [0.25, 0.3) is 0 Å². The molecule has 0 radical (unpaired) electrons. The first-order valence-electron chi connectivity index (χ1n) is 12.6. The normalized spacial score (nSPS) is 17.3. The second-order valence-electron chi connectivity index (χ2n) is 9.45. The van der Waals surface area contributed by atoms with E-state index in [2.05, 4.69) is 70.3 Å². The minimum atomic E-state index is 0.0576. The molecule has 1 saturated heterocycles. The van der Waals surface area contributed by atoms with Crippen molar-refractivity contribution in [2.24, 2.45) is 0 Å². The molecule has 2 aromatic carbocycles. The number of hydrogen-bond donors (Lipinski definition) is 0. The van der Waals surface area contributed by atoms with Crippen LogP contribution in [0.2, 0.25) is 0 Å². The third-order valence-corrected chi connectivity index (χ3v) is 7.02. The molecule has 0 N–H and O–H groups in total. The van der Waals surface area contributed by atoms with Crippen LogP contribution in [0.5, 0.6) is 0 Å². The summed E-state index contributed by atoms with van der Waals surface area (Å²) in [4.78, 5) is 17.9. The monoisotopic (exact) mass is 467 g/mol. The predicted octanol–water partition coefficient (Wildman–Crippen LogP) is 4.82. The predicted molar refractivity (Wildman–Crippen MR) is 141 cm³/mol. The number of ether oxygens (including phenoxy) is 1. The number of fused-ring (bicyclic) bond motifs is 1. The average Bonchev–Trinajstić information content (AvgIpc) is 3.28. The molecule has 2 aliphatic rings. The highest BCUT2D eigenvalue weighted by Crippen LogP contribution is 2.32. The number of carbonyl (C=O) groups is 1. The molecule has 0 saturated carbocycles. The maximum absolute atomic E-state index is 13.0. The lowest BCUT2D eigenvalue weighted by molar-refractivity contribution is 0.0342. The Kier molecular flexibility index (Phi) is 7.44. The van der Waals surface area contributed by atoms with Crippen LogP contribution < -0.4 is 0 Å². The summed E-state index contributed by atoms with van der Waals surface area (Å²) in [5, 5.41) is 1.16. The molecule has 0 unspecified atom stereocenters. The van der Waals surface area contributed by atoms with E-state index in [4.69, 9.17) is 11.2 Å². The smallest absolute Gasteiger partial charge is 0.232 e. The molecule has 0 bridgehead atoms. The van der Waals surface area contributed by atoms with Crippen LogP contribution in [-0.2, 0) is 17.8 Å². The minimum Gasteiger partial charge on any atom is -0.379 e. The topological polar surface area (TPSA) is 37.7 Å². The SMILES string of the molecule is C#CCCC(=O)n1cc(C2=CCN(Cc3ccccc3)CC2)c2cc(CN3CCOCC3)ccc21. The van der Waals surface area contributed by atoms with Crippen LogP contribution in [0.1, 0.15) is 40.7 Å². The van der Waals surface area contributed by atoms with Gasteiger partial charge in [-0.1, -0.05) is 42.5 Å². The molecule has 1 aromatic heterocycles. The molecular weight excluding hydrogens is 434 g/mol. The van der Waals surface area contributed by atoms with Crippen LogP contribution in [0, 0.1) is 12.3 Å². The quantitative estimate of drug-likeness (QED) is 0.467. The fourth-order valence-corrected chi connectivity index (χ4v) is 5.10. The maximum atomic E-state index is 13.0. The zero-order chi connectivity index (χ0) is 24.0. The van der Waals surface area contributed by atoms with E-state index in [1.165, 1.54) is 22.3 Å². The van der Waals surface area contributed by atoms with Crippen LogP contribution in [0.3, 0.4) is 0 Å². The number of morpholine rings is 1. The molecule has 0 spiro atoms. The Bertz CT molecular complexity index is 1250. The lowest BCUT2D eigenvalue weighted by Gasteiger charge is -2.27. The summed E-state index contributed by atoms with van der Waals surface area (Å²) in [5.74, 6) is 2.66. The van der Waals surface area contributed by atoms with Gasteiger partial charge in [-0.3, -0.25) is 19.2 Å². The van der Waals surface area contributed by atoms with Gasteiger partial charge in [-0.05, 0) is 35.3 Å². The largest absolute Gasteiger partial charge is 0.379 e.